The van der Waals surface area contributed by atoms with Crippen LogP contribution in [0, 0.1) is 0 Å². The first kappa shape index (κ1) is 14.4. The molecule has 0 spiro atoms. The third kappa shape index (κ3) is 3.36. The van der Waals surface area contributed by atoms with E-state index in [0.29, 0.717) is 0 Å². The maximum absolute atomic E-state index is 5.95. The van der Waals surface area contributed by atoms with Gasteiger partial charge in [-0.3, -0.25) is 0 Å². The Morgan fingerprint density at radius 3 is 2.14 bits per heavy atom. The molecule has 3 rings (SSSR count). The number of ether oxygens (including phenoxy) is 1. The summed E-state index contributed by atoms with van der Waals surface area (Å²) in [5.41, 5.74) is 2.27. The molecular formula is C18H12Br2O. The molecule has 0 aliphatic carbocycles. The van der Waals surface area contributed by atoms with Crippen LogP contribution in [-0.2, 0) is 0 Å². The highest BCUT2D eigenvalue weighted by atomic mass is 79.9. The van der Waals surface area contributed by atoms with Crippen LogP contribution in [0.15, 0.2) is 81.7 Å². The summed E-state index contributed by atoms with van der Waals surface area (Å²) in [6, 6.07) is 24.1. The molecule has 0 radical (unpaired) electrons. The average Bonchev–Trinajstić information content (AvgIpc) is 2.50. The lowest BCUT2D eigenvalue weighted by atomic mass is 10.1. The maximum Gasteiger partial charge on any atom is 0.141 e. The molecule has 0 aliphatic heterocycles. The number of halogens is 2. The molecule has 0 unspecified atom stereocenters. The van der Waals surface area contributed by atoms with E-state index in [1.807, 2.05) is 60.7 Å². The number of rotatable bonds is 3. The van der Waals surface area contributed by atoms with Gasteiger partial charge in [0.1, 0.15) is 11.5 Å². The van der Waals surface area contributed by atoms with E-state index >= 15 is 0 Å². The Kier molecular flexibility index (Phi) is 4.42. The zero-order valence-electron chi connectivity index (χ0n) is 11.1. The summed E-state index contributed by atoms with van der Waals surface area (Å²) in [5, 5.41) is 0. The van der Waals surface area contributed by atoms with Crippen LogP contribution in [-0.4, -0.2) is 0 Å². The van der Waals surface area contributed by atoms with Crippen molar-refractivity contribution in [3.63, 3.8) is 0 Å². The van der Waals surface area contributed by atoms with E-state index in [2.05, 4.69) is 44.0 Å². The van der Waals surface area contributed by atoms with Crippen molar-refractivity contribution in [1.29, 1.82) is 0 Å². The highest BCUT2D eigenvalue weighted by Gasteiger charge is 2.05. The Morgan fingerprint density at radius 2 is 1.38 bits per heavy atom. The lowest BCUT2D eigenvalue weighted by molar-refractivity contribution is 0.480. The summed E-state index contributed by atoms with van der Waals surface area (Å²) < 4.78 is 7.96. The van der Waals surface area contributed by atoms with Gasteiger partial charge in [0.15, 0.2) is 0 Å². The Morgan fingerprint density at radius 1 is 0.667 bits per heavy atom. The molecule has 104 valence electrons. The van der Waals surface area contributed by atoms with Crippen LogP contribution in [0.25, 0.3) is 11.1 Å². The van der Waals surface area contributed by atoms with Gasteiger partial charge in [-0.25, -0.2) is 0 Å². The largest absolute Gasteiger partial charge is 0.456 e. The predicted molar refractivity (Wildman–Crippen MR) is 93.8 cm³/mol. The maximum atomic E-state index is 5.95. The molecule has 1 nitrogen and oxygen atoms in total. The summed E-state index contributed by atoms with van der Waals surface area (Å²) >= 11 is 7.08. The van der Waals surface area contributed by atoms with Crippen molar-refractivity contribution in [2.24, 2.45) is 0 Å². The molecule has 0 N–H and O–H groups in total. The van der Waals surface area contributed by atoms with Crippen LogP contribution in [0.3, 0.4) is 0 Å². The Hall–Kier alpha value is -1.58. The SMILES string of the molecule is Brc1ccccc1Oc1cccc(-c2ccccc2Br)c1. The number of hydrogen-bond acceptors (Lipinski definition) is 1. The van der Waals surface area contributed by atoms with Crippen molar-refractivity contribution in [1.82, 2.24) is 0 Å². The fourth-order valence-electron chi connectivity index (χ4n) is 2.08. The van der Waals surface area contributed by atoms with Gasteiger partial charge >= 0.3 is 0 Å². The fraction of sp³-hybridized carbons (Fsp3) is 0. The smallest absolute Gasteiger partial charge is 0.141 e. The zero-order chi connectivity index (χ0) is 14.7. The van der Waals surface area contributed by atoms with E-state index in [0.717, 1.165) is 31.6 Å². The first-order valence-corrected chi connectivity index (χ1v) is 8.10. The molecule has 0 atom stereocenters. The Labute approximate surface area is 140 Å². The van der Waals surface area contributed by atoms with Crippen LogP contribution in [0.2, 0.25) is 0 Å². The molecule has 0 aliphatic rings. The van der Waals surface area contributed by atoms with E-state index in [-0.39, 0.29) is 0 Å². The molecule has 3 aromatic rings. The highest BCUT2D eigenvalue weighted by Crippen LogP contribution is 2.33. The van der Waals surface area contributed by atoms with Crippen molar-refractivity contribution in [3.8, 4) is 22.6 Å². The first-order valence-electron chi connectivity index (χ1n) is 6.51. The van der Waals surface area contributed by atoms with Crippen molar-refractivity contribution < 1.29 is 4.74 Å². The minimum Gasteiger partial charge on any atom is -0.456 e. The van der Waals surface area contributed by atoms with E-state index in [4.69, 9.17) is 4.74 Å². The molecule has 21 heavy (non-hydrogen) atoms. The third-order valence-corrected chi connectivity index (χ3v) is 4.43. The molecule has 3 heteroatoms. The Bertz CT molecular complexity index is 768. The van der Waals surface area contributed by atoms with Gasteiger partial charge in [0.2, 0.25) is 0 Å². The van der Waals surface area contributed by atoms with Crippen LogP contribution in [0.4, 0.5) is 0 Å². The standard InChI is InChI=1S/C18H12Br2O/c19-16-9-2-1-8-15(16)13-6-5-7-14(12-13)21-18-11-4-3-10-17(18)20/h1-12H. The second-order valence-corrected chi connectivity index (χ2v) is 6.25. The van der Waals surface area contributed by atoms with E-state index in [1.165, 1.54) is 0 Å². The number of hydrogen-bond donors (Lipinski definition) is 0. The van der Waals surface area contributed by atoms with Crippen molar-refractivity contribution in [2.75, 3.05) is 0 Å². The summed E-state index contributed by atoms with van der Waals surface area (Å²) in [7, 11) is 0. The quantitative estimate of drug-likeness (QED) is 0.474. The minimum absolute atomic E-state index is 0.807. The van der Waals surface area contributed by atoms with Gasteiger partial charge in [-0.1, -0.05) is 58.4 Å². The van der Waals surface area contributed by atoms with E-state index < -0.39 is 0 Å². The van der Waals surface area contributed by atoms with Crippen LogP contribution < -0.4 is 4.74 Å². The topological polar surface area (TPSA) is 9.23 Å². The third-order valence-electron chi connectivity index (χ3n) is 3.08. The molecule has 0 bridgehead atoms. The monoisotopic (exact) mass is 402 g/mol. The lowest BCUT2D eigenvalue weighted by Crippen LogP contribution is -1.86. The molecule has 0 aromatic heterocycles. The van der Waals surface area contributed by atoms with Crippen LogP contribution in [0.1, 0.15) is 0 Å². The van der Waals surface area contributed by atoms with Crippen molar-refractivity contribution in [3.05, 3.63) is 81.7 Å². The predicted octanol–water partition coefficient (Wildman–Crippen LogP) is 6.67. The number of benzene rings is 3. The summed E-state index contributed by atoms with van der Waals surface area (Å²) in [6.45, 7) is 0. The van der Waals surface area contributed by atoms with Crippen molar-refractivity contribution in [2.45, 2.75) is 0 Å². The molecular weight excluding hydrogens is 392 g/mol. The minimum atomic E-state index is 0.807. The van der Waals surface area contributed by atoms with Gasteiger partial charge in [0.25, 0.3) is 0 Å². The summed E-state index contributed by atoms with van der Waals surface area (Å²) in [5.74, 6) is 1.62. The van der Waals surface area contributed by atoms with Gasteiger partial charge < -0.3 is 4.74 Å². The van der Waals surface area contributed by atoms with Crippen LogP contribution in [0.5, 0.6) is 11.5 Å². The van der Waals surface area contributed by atoms with Gasteiger partial charge in [-0.2, -0.15) is 0 Å². The summed E-state index contributed by atoms with van der Waals surface area (Å²) in [6.07, 6.45) is 0. The van der Waals surface area contributed by atoms with Gasteiger partial charge in [0, 0.05) is 4.47 Å². The second-order valence-electron chi connectivity index (χ2n) is 4.54. The molecule has 0 amide bonds. The lowest BCUT2D eigenvalue weighted by Gasteiger charge is -2.10. The van der Waals surface area contributed by atoms with E-state index in [9.17, 15) is 0 Å². The molecule has 0 saturated carbocycles. The molecule has 0 saturated heterocycles. The fourth-order valence-corrected chi connectivity index (χ4v) is 2.96. The first-order chi connectivity index (χ1) is 10.2. The summed E-state index contributed by atoms with van der Waals surface area (Å²) in [4.78, 5) is 0. The van der Waals surface area contributed by atoms with Gasteiger partial charge in [0.05, 0.1) is 4.47 Å². The van der Waals surface area contributed by atoms with Crippen molar-refractivity contribution >= 4 is 31.9 Å². The van der Waals surface area contributed by atoms with Gasteiger partial charge in [-0.15, -0.1) is 0 Å². The molecule has 3 aromatic carbocycles. The van der Waals surface area contributed by atoms with Crippen LogP contribution >= 0.6 is 31.9 Å². The second kappa shape index (κ2) is 6.46. The normalized spacial score (nSPS) is 10.4. The highest BCUT2D eigenvalue weighted by molar-refractivity contribution is 9.11. The van der Waals surface area contributed by atoms with E-state index in [1.54, 1.807) is 0 Å². The average molecular weight is 404 g/mol. The van der Waals surface area contributed by atoms with Gasteiger partial charge in [-0.05, 0) is 57.4 Å². The Balaban J connectivity index is 1.94. The molecule has 0 fully saturated rings. The molecule has 0 heterocycles. The number of para-hydroxylation sites is 1. The zero-order valence-corrected chi connectivity index (χ0v) is 14.3.